The van der Waals surface area contributed by atoms with Gasteiger partial charge in [0.05, 0.1) is 0 Å². The van der Waals surface area contributed by atoms with Crippen LogP contribution in [-0.2, 0) is 24.2 Å². The van der Waals surface area contributed by atoms with Gasteiger partial charge in [-0.1, -0.05) is 30.3 Å². The van der Waals surface area contributed by atoms with Crippen molar-refractivity contribution < 1.29 is 8.76 Å². The molecule has 0 saturated carbocycles. The van der Waals surface area contributed by atoms with Crippen LogP contribution in [0.5, 0.6) is 0 Å². The predicted octanol–water partition coefficient (Wildman–Crippen LogP) is 1.34. The van der Waals surface area contributed by atoms with Crippen LogP contribution in [0, 0.1) is 0 Å². The highest BCUT2D eigenvalue weighted by molar-refractivity contribution is 7.76. The van der Waals surface area contributed by atoms with Crippen molar-refractivity contribution >= 4 is 35.0 Å². The molecule has 0 bridgehead atoms. The van der Waals surface area contributed by atoms with Crippen LogP contribution in [0.25, 0.3) is 0 Å². The summed E-state index contributed by atoms with van der Waals surface area (Å²) in [6.45, 7) is 1.68. The molecule has 0 aliphatic heterocycles. The van der Waals surface area contributed by atoms with Crippen molar-refractivity contribution in [2.45, 2.75) is 13.0 Å². The third kappa shape index (κ3) is 9.88. The summed E-state index contributed by atoms with van der Waals surface area (Å²) in [4.78, 5) is 0. The average Bonchev–Trinajstić information content (AvgIpc) is 2.47. The summed E-state index contributed by atoms with van der Waals surface area (Å²) in [6, 6.07) is 16.0. The number of hydrogen-bond donors (Lipinski definition) is 4. The van der Waals surface area contributed by atoms with Crippen LogP contribution < -0.4 is 21.9 Å². The lowest BCUT2D eigenvalue weighted by Crippen LogP contribution is -2.17. The van der Waals surface area contributed by atoms with E-state index >= 15 is 0 Å². The lowest BCUT2D eigenvalue weighted by atomic mass is 10.1. The van der Waals surface area contributed by atoms with Crippen LogP contribution in [0.15, 0.2) is 48.5 Å². The molecule has 0 spiro atoms. The van der Waals surface area contributed by atoms with E-state index in [0.29, 0.717) is 0 Å². The monoisotopic (exact) mass is 357 g/mol. The molecule has 0 heterocycles. The van der Waals surface area contributed by atoms with Crippen LogP contribution in [-0.4, -0.2) is 15.3 Å². The quantitative estimate of drug-likeness (QED) is 0.364. The highest BCUT2D eigenvalue weighted by Crippen LogP contribution is 2.15. The van der Waals surface area contributed by atoms with Gasteiger partial charge in [-0.2, -0.15) is 0 Å². The summed E-state index contributed by atoms with van der Waals surface area (Å²) in [7, 11) is 0. The Kier molecular flexibility index (Phi) is 11.0. The maximum absolute atomic E-state index is 8.78. The van der Waals surface area contributed by atoms with Gasteiger partial charge in [0.15, 0.2) is 0 Å². The summed E-state index contributed by atoms with van der Waals surface area (Å²) < 4.78 is 17.6. The van der Waals surface area contributed by atoms with Gasteiger partial charge in [0.1, 0.15) is 0 Å². The van der Waals surface area contributed by atoms with Crippen molar-refractivity contribution in [1.29, 1.82) is 0 Å². The number of halogens is 1. The molecule has 8 heteroatoms. The first-order valence-corrected chi connectivity index (χ1v) is 7.85. The first-order chi connectivity index (χ1) is 10.5. The van der Waals surface area contributed by atoms with E-state index in [1.165, 1.54) is 5.56 Å². The van der Waals surface area contributed by atoms with E-state index in [1.54, 1.807) is 0 Å². The molecule has 128 valence electrons. The van der Waals surface area contributed by atoms with Gasteiger partial charge in [-0.3, -0.25) is 9.35 Å². The molecule has 23 heavy (non-hydrogen) atoms. The first-order valence-electron chi connectivity index (χ1n) is 6.71. The molecule has 0 aromatic heterocycles. The summed E-state index contributed by atoms with van der Waals surface area (Å²) >= 11 is -2.36. The van der Waals surface area contributed by atoms with Gasteiger partial charge in [0.25, 0.3) is 0 Å². The molecule has 0 aliphatic rings. The summed E-state index contributed by atoms with van der Waals surface area (Å²) in [5.74, 6) is 0. The third-order valence-corrected chi connectivity index (χ3v) is 2.92. The summed E-state index contributed by atoms with van der Waals surface area (Å²) in [5.41, 5.74) is 15.6. The largest absolute Gasteiger partial charge is 0.760 e. The molecule has 1 atom stereocenters. The van der Waals surface area contributed by atoms with Crippen molar-refractivity contribution in [1.82, 2.24) is 5.32 Å². The Bertz CT molecular complexity index is 595. The minimum atomic E-state index is -2.36. The first kappa shape index (κ1) is 21.4. The van der Waals surface area contributed by atoms with Gasteiger partial charge in [-0.05, 0) is 42.3 Å². The topological polar surface area (TPSA) is 130 Å². The molecule has 2 rings (SSSR count). The number of nitrogens with two attached hydrogens (primary N) is 3. The Balaban J connectivity index is 0.000000871. The SMILES string of the molecule is Cl.NS(=O)[O-].Nc1ccc(N)c(CNCCc2ccccc2)c1. The van der Waals surface area contributed by atoms with E-state index < -0.39 is 11.3 Å². The van der Waals surface area contributed by atoms with E-state index in [9.17, 15) is 0 Å². The highest BCUT2D eigenvalue weighted by Gasteiger charge is 1.99. The minimum absolute atomic E-state index is 0. The Morgan fingerprint density at radius 3 is 2.30 bits per heavy atom. The zero-order valence-corrected chi connectivity index (χ0v) is 14.2. The minimum Gasteiger partial charge on any atom is -0.760 e. The Morgan fingerprint density at radius 2 is 1.70 bits per heavy atom. The second kappa shape index (κ2) is 11.9. The number of hydrogen-bond acceptors (Lipinski definition) is 5. The summed E-state index contributed by atoms with van der Waals surface area (Å²) in [6.07, 6.45) is 1.02. The number of benzene rings is 2. The lowest BCUT2D eigenvalue weighted by Gasteiger charge is -2.08. The zero-order valence-electron chi connectivity index (χ0n) is 12.6. The molecule has 1 unspecified atom stereocenters. The van der Waals surface area contributed by atoms with Gasteiger partial charge in [-0.15, -0.1) is 12.4 Å². The van der Waals surface area contributed by atoms with E-state index in [0.717, 1.165) is 36.4 Å². The molecule has 2 aromatic rings. The molecule has 0 saturated heterocycles. The second-order valence-corrected chi connectivity index (χ2v) is 5.15. The number of rotatable bonds is 5. The van der Waals surface area contributed by atoms with E-state index in [-0.39, 0.29) is 12.4 Å². The average molecular weight is 358 g/mol. The van der Waals surface area contributed by atoms with Crippen molar-refractivity contribution in [3.8, 4) is 0 Å². The normalized spacial score (nSPS) is 10.9. The zero-order chi connectivity index (χ0) is 16.4. The van der Waals surface area contributed by atoms with E-state index in [2.05, 4.69) is 34.7 Å². The molecular weight excluding hydrogens is 336 g/mol. The fourth-order valence-corrected chi connectivity index (χ4v) is 1.88. The molecule has 2 aromatic carbocycles. The van der Waals surface area contributed by atoms with Crippen molar-refractivity contribution in [3.63, 3.8) is 0 Å². The summed E-state index contributed by atoms with van der Waals surface area (Å²) in [5, 5.41) is 7.41. The van der Waals surface area contributed by atoms with Crippen LogP contribution in [0.2, 0.25) is 0 Å². The van der Waals surface area contributed by atoms with Gasteiger partial charge < -0.3 is 21.3 Å². The molecular formula is C15H22ClN4O2S-. The molecule has 6 nitrogen and oxygen atoms in total. The van der Waals surface area contributed by atoms with Gasteiger partial charge in [-0.25, -0.2) is 0 Å². The Labute approximate surface area is 145 Å². The van der Waals surface area contributed by atoms with Crippen LogP contribution >= 0.6 is 12.4 Å². The second-order valence-electron chi connectivity index (χ2n) is 4.63. The maximum Gasteiger partial charge on any atom is 0.0361 e. The van der Waals surface area contributed by atoms with Gasteiger partial charge in [0, 0.05) is 29.2 Å². The van der Waals surface area contributed by atoms with E-state index in [1.807, 2.05) is 24.3 Å². The Morgan fingerprint density at radius 1 is 1.09 bits per heavy atom. The smallest absolute Gasteiger partial charge is 0.0361 e. The van der Waals surface area contributed by atoms with Crippen molar-refractivity contribution in [3.05, 3.63) is 59.7 Å². The number of nitrogen functional groups attached to an aromatic ring is 2. The molecule has 0 fully saturated rings. The van der Waals surface area contributed by atoms with Crippen LogP contribution in [0.3, 0.4) is 0 Å². The van der Waals surface area contributed by atoms with E-state index in [4.69, 9.17) is 20.2 Å². The van der Waals surface area contributed by atoms with Gasteiger partial charge in [0.2, 0.25) is 0 Å². The number of nitrogens with one attached hydrogen (secondary N) is 1. The standard InChI is InChI=1S/C15H19N3.ClH.H3NO2S/c16-14-6-7-15(17)13(10-14)11-18-9-8-12-4-2-1-3-5-12;;1-4(2)3/h1-7,10,18H,8-9,11,16-17H2;1H;1H2,(H,2,3)/p-1. The maximum atomic E-state index is 8.78. The predicted molar refractivity (Wildman–Crippen MR) is 97.5 cm³/mol. The Hall–Kier alpha value is -1.64. The third-order valence-electron chi connectivity index (χ3n) is 2.92. The molecule has 0 aliphatic carbocycles. The lowest BCUT2D eigenvalue weighted by molar-refractivity contribution is 0.539. The molecule has 0 amide bonds. The number of anilines is 2. The molecule has 7 N–H and O–H groups in total. The van der Waals surface area contributed by atoms with Gasteiger partial charge >= 0.3 is 0 Å². The fraction of sp³-hybridized carbons (Fsp3) is 0.200. The highest BCUT2D eigenvalue weighted by atomic mass is 35.5. The van der Waals surface area contributed by atoms with Crippen molar-refractivity contribution in [2.75, 3.05) is 18.0 Å². The van der Waals surface area contributed by atoms with Crippen molar-refractivity contribution in [2.24, 2.45) is 5.14 Å². The van der Waals surface area contributed by atoms with Crippen LogP contribution in [0.4, 0.5) is 11.4 Å². The van der Waals surface area contributed by atoms with Crippen LogP contribution in [0.1, 0.15) is 11.1 Å². The molecule has 0 radical (unpaired) electrons. The fourth-order valence-electron chi connectivity index (χ4n) is 1.88.